The van der Waals surface area contributed by atoms with Crippen LogP contribution in [-0.4, -0.2) is 39.7 Å². The zero-order valence-corrected chi connectivity index (χ0v) is 12.2. The van der Waals surface area contributed by atoms with E-state index in [4.69, 9.17) is 0 Å². The maximum Gasteiger partial charge on any atom is 0.237 e. The van der Waals surface area contributed by atoms with Crippen LogP contribution < -0.4 is 15.4 Å². The highest BCUT2D eigenvalue weighted by molar-refractivity contribution is 7.88. The summed E-state index contributed by atoms with van der Waals surface area (Å²) in [4.78, 5) is 12.0. The fraction of sp³-hybridized carbons (Fsp3) is 0.462. The molecule has 1 atom stereocenters. The van der Waals surface area contributed by atoms with Crippen molar-refractivity contribution < 1.29 is 13.2 Å². The van der Waals surface area contributed by atoms with E-state index in [2.05, 4.69) is 15.4 Å². The molecule has 0 aliphatic carbocycles. The summed E-state index contributed by atoms with van der Waals surface area (Å²) in [6.07, 6.45) is 1.75. The zero-order chi connectivity index (χ0) is 14.6. The Hall–Kier alpha value is -1.44. The van der Waals surface area contributed by atoms with Gasteiger partial charge in [0.1, 0.15) is 0 Å². The Bertz CT molecular complexity index is 586. The average Bonchev–Trinajstić information content (AvgIpc) is 2.42. The van der Waals surface area contributed by atoms with Gasteiger partial charge < -0.3 is 10.6 Å². The number of rotatable bonds is 5. The number of hydrogen-bond donors (Lipinski definition) is 3. The first-order valence-electron chi connectivity index (χ1n) is 6.48. The Balaban J connectivity index is 1.80. The van der Waals surface area contributed by atoms with Gasteiger partial charge in [-0.05, 0) is 17.5 Å². The molecule has 0 saturated carbocycles. The van der Waals surface area contributed by atoms with E-state index in [1.54, 1.807) is 0 Å². The fourth-order valence-corrected chi connectivity index (χ4v) is 2.66. The van der Waals surface area contributed by atoms with E-state index in [0.29, 0.717) is 13.0 Å². The van der Waals surface area contributed by atoms with Crippen LogP contribution in [0.2, 0.25) is 0 Å². The number of fused-ring (bicyclic) bond motifs is 1. The Morgan fingerprint density at radius 3 is 2.70 bits per heavy atom. The first-order chi connectivity index (χ1) is 9.46. The highest BCUT2D eigenvalue weighted by Gasteiger charge is 2.23. The molecule has 0 radical (unpaired) electrons. The van der Waals surface area contributed by atoms with Crippen LogP contribution in [0.5, 0.6) is 0 Å². The van der Waals surface area contributed by atoms with Crippen LogP contribution in [0, 0.1) is 0 Å². The van der Waals surface area contributed by atoms with Crippen LogP contribution >= 0.6 is 0 Å². The van der Waals surface area contributed by atoms with Gasteiger partial charge in [-0.25, -0.2) is 13.1 Å². The van der Waals surface area contributed by atoms with Crippen LogP contribution in [0.25, 0.3) is 0 Å². The zero-order valence-electron chi connectivity index (χ0n) is 11.3. The average molecular weight is 297 g/mol. The molecule has 0 saturated heterocycles. The van der Waals surface area contributed by atoms with E-state index in [1.165, 1.54) is 11.1 Å². The molecule has 2 rings (SSSR count). The summed E-state index contributed by atoms with van der Waals surface area (Å²) in [6.45, 7) is 1.16. The van der Waals surface area contributed by atoms with E-state index in [9.17, 15) is 13.2 Å². The van der Waals surface area contributed by atoms with Gasteiger partial charge in [0.2, 0.25) is 15.9 Å². The third kappa shape index (κ3) is 4.29. The molecule has 1 aromatic carbocycles. The van der Waals surface area contributed by atoms with Crippen molar-refractivity contribution in [1.29, 1.82) is 0 Å². The lowest BCUT2D eigenvalue weighted by Crippen LogP contribution is -2.49. The molecular formula is C13H19N3O3S. The molecule has 0 unspecified atom stereocenters. The number of carbonyl (C=O) groups excluding carboxylic acids is 1. The number of carbonyl (C=O) groups is 1. The number of hydrogen-bond acceptors (Lipinski definition) is 4. The molecule has 3 N–H and O–H groups in total. The van der Waals surface area contributed by atoms with Crippen molar-refractivity contribution >= 4 is 15.9 Å². The molecule has 20 heavy (non-hydrogen) atoms. The molecule has 1 heterocycles. The van der Waals surface area contributed by atoms with Crippen molar-refractivity contribution in [3.63, 3.8) is 0 Å². The maximum absolute atomic E-state index is 12.0. The van der Waals surface area contributed by atoms with Crippen LogP contribution in [0.4, 0.5) is 0 Å². The summed E-state index contributed by atoms with van der Waals surface area (Å²) in [6, 6.07) is 7.77. The second kappa shape index (κ2) is 6.34. The summed E-state index contributed by atoms with van der Waals surface area (Å²) in [5.41, 5.74) is 2.40. The smallest absolute Gasteiger partial charge is 0.237 e. The van der Waals surface area contributed by atoms with Crippen molar-refractivity contribution in [1.82, 2.24) is 15.4 Å². The second-order valence-electron chi connectivity index (χ2n) is 4.86. The van der Waals surface area contributed by atoms with E-state index in [-0.39, 0.29) is 25.0 Å². The van der Waals surface area contributed by atoms with E-state index in [0.717, 1.165) is 6.26 Å². The molecule has 0 spiro atoms. The Morgan fingerprint density at radius 1 is 1.30 bits per heavy atom. The quantitative estimate of drug-likeness (QED) is 0.631. The van der Waals surface area contributed by atoms with Crippen molar-refractivity contribution in [2.75, 3.05) is 19.3 Å². The van der Waals surface area contributed by atoms with Crippen molar-refractivity contribution in [3.8, 4) is 0 Å². The summed E-state index contributed by atoms with van der Waals surface area (Å²) in [5.74, 6) is -0.102. The standard InChI is InChI=1S/C13H19N3O3S/c1-20(18,19)16-7-6-14-13(17)12-8-10-4-2-3-5-11(10)9-15-12/h2-5,12,15-16H,6-9H2,1H3,(H,14,17)/t12-/m0/s1. The predicted molar refractivity (Wildman–Crippen MR) is 76.6 cm³/mol. The Morgan fingerprint density at radius 2 is 2.00 bits per heavy atom. The lowest BCUT2D eigenvalue weighted by Gasteiger charge is -2.25. The van der Waals surface area contributed by atoms with Crippen molar-refractivity contribution in [3.05, 3.63) is 35.4 Å². The third-order valence-electron chi connectivity index (χ3n) is 3.19. The summed E-state index contributed by atoms with van der Waals surface area (Å²) in [7, 11) is -3.20. The van der Waals surface area contributed by atoms with Crippen LogP contribution in [0.15, 0.2) is 24.3 Å². The van der Waals surface area contributed by atoms with Gasteiger partial charge in [-0.15, -0.1) is 0 Å². The SMILES string of the molecule is CS(=O)(=O)NCCNC(=O)[C@@H]1Cc2ccccc2CN1. The van der Waals surface area contributed by atoms with E-state index in [1.807, 2.05) is 24.3 Å². The lowest BCUT2D eigenvalue weighted by molar-refractivity contribution is -0.123. The van der Waals surface area contributed by atoms with Gasteiger partial charge in [-0.2, -0.15) is 0 Å². The minimum atomic E-state index is -3.20. The molecular weight excluding hydrogens is 278 g/mol. The first kappa shape index (κ1) is 15.0. The molecule has 0 aromatic heterocycles. The number of nitrogens with one attached hydrogen (secondary N) is 3. The molecule has 110 valence electrons. The molecule has 1 aliphatic rings. The van der Waals surface area contributed by atoms with E-state index < -0.39 is 10.0 Å². The highest BCUT2D eigenvalue weighted by atomic mass is 32.2. The Labute approximate surface area is 119 Å². The topological polar surface area (TPSA) is 87.3 Å². The molecule has 1 aromatic rings. The summed E-state index contributed by atoms with van der Waals surface area (Å²) >= 11 is 0. The van der Waals surface area contributed by atoms with Crippen LogP contribution in [0.3, 0.4) is 0 Å². The van der Waals surface area contributed by atoms with Gasteiger partial charge in [-0.1, -0.05) is 24.3 Å². The predicted octanol–water partition coefficient (Wildman–Crippen LogP) is -0.634. The highest BCUT2D eigenvalue weighted by Crippen LogP contribution is 2.16. The minimum absolute atomic E-state index is 0.102. The van der Waals surface area contributed by atoms with Gasteiger partial charge >= 0.3 is 0 Å². The molecule has 1 amide bonds. The van der Waals surface area contributed by atoms with E-state index >= 15 is 0 Å². The number of benzene rings is 1. The molecule has 0 fully saturated rings. The van der Waals surface area contributed by atoms with Crippen molar-refractivity contribution in [2.45, 2.75) is 19.0 Å². The van der Waals surface area contributed by atoms with Crippen molar-refractivity contribution in [2.24, 2.45) is 0 Å². The molecule has 7 heteroatoms. The normalized spacial score (nSPS) is 18.4. The largest absolute Gasteiger partial charge is 0.353 e. The van der Waals surface area contributed by atoms with Gasteiger partial charge in [0.25, 0.3) is 0 Å². The molecule has 1 aliphatic heterocycles. The van der Waals surface area contributed by atoms with Gasteiger partial charge in [0.05, 0.1) is 12.3 Å². The van der Waals surface area contributed by atoms with Gasteiger partial charge in [0, 0.05) is 19.6 Å². The van der Waals surface area contributed by atoms with Gasteiger partial charge in [-0.3, -0.25) is 4.79 Å². The Kier molecular flexibility index (Phi) is 4.74. The second-order valence-corrected chi connectivity index (χ2v) is 6.70. The monoisotopic (exact) mass is 297 g/mol. The summed E-state index contributed by atoms with van der Waals surface area (Å²) in [5, 5.41) is 5.91. The first-order valence-corrected chi connectivity index (χ1v) is 8.37. The molecule has 0 bridgehead atoms. The van der Waals surface area contributed by atoms with Crippen LogP contribution in [0.1, 0.15) is 11.1 Å². The number of sulfonamides is 1. The minimum Gasteiger partial charge on any atom is -0.353 e. The van der Waals surface area contributed by atoms with Gasteiger partial charge in [0.15, 0.2) is 0 Å². The number of amides is 1. The fourth-order valence-electron chi connectivity index (χ4n) is 2.19. The van der Waals surface area contributed by atoms with Crippen LogP contribution in [-0.2, 0) is 27.8 Å². The summed E-state index contributed by atoms with van der Waals surface area (Å²) < 4.78 is 24.1. The maximum atomic E-state index is 12.0. The third-order valence-corrected chi connectivity index (χ3v) is 3.91. The lowest BCUT2D eigenvalue weighted by atomic mass is 9.95. The molecule has 6 nitrogen and oxygen atoms in total.